The lowest BCUT2D eigenvalue weighted by Crippen LogP contribution is -2.50. The Morgan fingerprint density at radius 2 is 2.50 bits per heavy atom. The number of rotatable bonds is 3. The molecule has 4 heteroatoms. The molecule has 0 amide bonds. The van der Waals surface area contributed by atoms with E-state index in [0.29, 0.717) is 6.04 Å². The van der Waals surface area contributed by atoms with Crippen molar-refractivity contribution in [3.63, 3.8) is 0 Å². The number of nitrogens with one attached hydrogen (secondary N) is 1. The fourth-order valence-corrected chi connectivity index (χ4v) is 2.17. The van der Waals surface area contributed by atoms with E-state index in [1.54, 1.807) is 0 Å². The monoisotopic (exact) mass is 221 g/mol. The zero-order valence-electron chi connectivity index (χ0n) is 9.94. The lowest BCUT2D eigenvalue weighted by molar-refractivity contribution is 0.0943. The van der Waals surface area contributed by atoms with Crippen LogP contribution in [0, 0.1) is 6.92 Å². The molecule has 1 saturated heterocycles. The summed E-state index contributed by atoms with van der Waals surface area (Å²) < 4.78 is 5.53. The Bertz CT molecular complexity index is 341. The summed E-state index contributed by atoms with van der Waals surface area (Å²) in [7, 11) is 1.98. The van der Waals surface area contributed by atoms with E-state index >= 15 is 0 Å². The van der Waals surface area contributed by atoms with Crippen LogP contribution in [-0.4, -0.2) is 44.4 Å². The van der Waals surface area contributed by atoms with Gasteiger partial charge in [-0.25, -0.2) is 0 Å². The molecule has 1 aromatic rings. The van der Waals surface area contributed by atoms with Crippen LogP contribution in [0.15, 0.2) is 18.5 Å². The van der Waals surface area contributed by atoms with E-state index in [2.05, 4.69) is 28.2 Å². The van der Waals surface area contributed by atoms with E-state index in [-0.39, 0.29) is 0 Å². The largest absolute Gasteiger partial charge is 0.377 e. The lowest BCUT2D eigenvalue weighted by atomic mass is 10.1. The first-order valence-corrected chi connectivity index (χ1v) is 5.72. The van der Waals surface area contributed by atoms with Crippen molar-refractivity contribution in [2.45, 2.75) is 13.0 Å². The van der Waals surface area contributed by atoms with Crippen LogP contribution in [-0.2, 0) is 4.74 Å². The molecule has 0 bridgehead atoms. The highest BCUT2D eigenvalue weighted by molar-refractivity contribution is 5.52. The zero-order valence-corrected chi connectivity index (χ0v) is 9.94. The van der Waals surface area contributed by atoms with E-state index in [9.17, 15) is 0 Å². The topological polar surface area (TPSA) is 37.4 Å². The Morgan fingerprint density at radius 3 is 3.25 bits per heavy atom. The molecule has 88 valence electrons. The molecule has 0 saturated carbocycles. The number of morpholine rings is 1. The molecule has 4 nitrogen and oxygen atoms in total. The molecule has 1 fully saturated rings. The van der Waals surface area contributed by atoms with Gasteiger partial charge in [0.1, 0.15) is 0 Å². The number of anilines is 1. The van der Waals surface area contributed by atoms with Gasteiger partial charge in [-0.2, -0.15) is 0 Å². The van der Waals surface area contributed by atoms with Gasteiger partial charge in [0, 0.05) is 31.2 Å². The molecule has 1 aliphatic rings. The second-order valence-corrected chi connectivity index (χ2v) is 4.14. The molecule has 1 aromatic heterocycles. The highest BCUT2D eigenvalue weighted by Gasteiger charge is 2.23. The predicted octanol–water partition coefficient (Wildman–Crippen LogP) is 0.815. The third-order valence-corrected chi connectivity index (χ3v) is 2.97. The van der Waals surface area contributed by atoms with Gasteiger partial charge in [0.2, 0.25) is 0 Å². The molecule has 0 radical (unpaired) electrons. The summed E-state index contributed by atoms with van der Waals surface area (Å²) in [5, 5.41) is 3.22. The first-order valence-electron chi connectivity index (χ1n) is 5.72. The van der Waals surface area contributed by atoms with Gasteiger partial charge in [0.15, 0.2) is 0 Å². The second-order valence-electron chi connectivity index (χ2n) is 4.14. The predicted molar refractivity (Wildman–Crippen MR) is 64.9 cm³/mol. The fraction of sp³-hybridized carbons (Fsp3) is 0.583. The molecular weight excluding hydrogens is 202 g/mol. The lowest BCUT2D eigenvalue weighted by Gasteiger charge is -2.38. The normalized spacial score (nSPS) is 21.1. The quantitative estimate of drug-likeness (QED) is 0.820. The Hall–Kier alpha value is -1.13. The van der Waals surface area contributed by atoms with E-state index in [0.717, 1.165) is 26.3 Å². The highest BCUT2D eigenvalue weighted by Crippen LogP contribution is 2.22. The highest BCUT2D eigenvalue weighted by atomic mass is 16.5. The molecule has 1 aliphatic heterocycles. The minimum absolute atomic E-state index is 0.417. The summed E-state index contributed by atoms with van der Waals surface area (Å²) in [6.45, 7) is 5.61. The average molecular weight is 221 g/mol. The number of aryl methyl sites for hydroxylation is 1. The van der Waals surface area contributed by atoms with Crippen LogP contribution in [0.1, 0.15) is 5.56 Å². The average Bonchev–Trinajstić information content (AvgIpc) is 2.31. The van der Waals surface area contributed by atoms with Gasteiger partial charge in [-0.1, -0.05) is 0 Å². The van der Waals surface area contributed by atoms with E-state index in [4.69, 9.17) is 4.74 Å². The van der Waals surface area contributed by atoms with Crippen LogP contribution < -0.4 is 10.2 Å². The maximum Gasteiger partial charge on any atom is 0.0683 e. The van der Waals surface area contributed by atoms with Crippen molar-refractivity contribution >= 4 is 5.69 Å². The first kappa shape index (κ1) is 11.4. The van der Waals surface area contributed by atoms with Gasteiger partial charge in [-0.3, -0.25) is 4.98 Å². The van der Waals surface area contributed by atoms with E-state index < -0.39 is 0 Å². The number of pyridine rings is 1. The van der Waals surface area contributed by atoms with E-state index in [1.807, 2.05) is 19.4 Å². The van der Waals surface area contributed by atoms with Gasteiger partial charge in [0.05, 0.1) is 19.3 Å². The van der Waals surface area contributed by atoms with Crippen LogP contribution in [0.5, 0.6) is 0 Å². The molecule has 1 atom stereocenters. The summed E-state index contributed by atoms with van der Waals surface area (Å²) in [6, 6.07) is 2.50. The summed E-state index contributed by atoms with van der Waals surface area (Å²) >= 11 is 0. The van der Waals surface area contributed by atoms with Crippen molar-refractivity contribution in [1.82, 2.24) is 10.3 Å². The second kappa shape index (κ2) is 5.27. The maximum absolute atomic E-state index is 5.53. The molecule has 2 heterocycles. The number of nitrogens with zero attached hydrogens (tertiary/aromatic N) is 2. The standard InChI is InChI=1S/C12H19N3O/c1-10-7-14-4-3-12(10)15-5-6-16-9-11(15)8-13-2/h3-4,7,11,13H,5-6,8-9H2,1-2H3. The number of likely N-dealkylation sites (N-methyl/N-ethyl adjacent to an activating group) is 1. The van der Waals surface area contributed by atoms with Crippen molar-refractivity contribution in [2.24, 2.45) is 0 Å². The molecule has 0 aromatic carbocycles. The molecule has 0 aliphatic carbocycles. The Labute approximate surface area is 96.6 Å². The van der Waals surface area contributed by atoms with Crippen molar-refractivity contribution in [1.29, 1.82) is 0 Å². The van der Waals surface area contributed by atoms with E-state index in [1.165, 1.54) is 11.3 Å². The Balaban J connectivity index is 2.19. The molecule has 0 spiro atoms. The van der Waals surface area contributed by atoms with Gasteiger partial charge in [-0.05, 0) is 25.6 Å². The molecule has 1 N–H and O–H groups in total. The number of ether oxygens (including phenoxy) is 1. The fourth-order valence-electron chi connectivity index (χ4n) is 2.17. The van der Waals surface area contributed by atoms with Crippen LogP contribution in [0.3, 0.4) is 0 Å². The van der Waals surface area contributed by atoms with Gasteiger partial charge in [-0.15, -0.1) is 0 Å². The molecular formula is C12H19N3O. The summed E-state index contributed by atoms with van der Waals surface area (Å²) in [4.78, 5) is 6.55. The van der Waals surface area contributed by atoms with Crippen LogP contribution in [0.25, 0.3) is 0 Å². The third kappa shape index (κ3) is 2.33. The van der Waals surface area contributed by atoms with Crippen LogP contribution in [0.4, 0.5) is 5.69 Å². The SMILES string of the molecule is CNCC1COCCN1c1ccncc1C. The Kier molecular flexibility index (Phi) is 3.74. The Morgan fingerprint density at radius 1 is 1.62 bits per heavy atom. The van der Waals surface area contributed by atoms with Crippen molar-refractivity contribution in [3.8, 4) is 0 Å². The third-order valence-electron chi connectivity index (χ3n) is 2.97. The van der Waals surface area contributed by atoms with Gasteiger partial charge < -0.3 is 15.0 Å². The molecule has 16 heavy (non-hydrogen) atoms. The summed E-state index contributed by atoms with van der Waals surface area (Å²) in [5.74, 6) is 0. The smallest absolute Gasteiger partial charge is 0.0683 e. The van der Waals surface area contributed by atoms with Crippen molar-refractivity contribution in [2.75, 3.05) is 38.3 Å². The summed E-state index contributed by atoms with van der Waals surface area (Å²) in [5.41, 5.74) is 2.50. The minimum Gasteiger partial charge on any atom is -0.377 e. The van der Waals surface area contributed by atoms with Crippen molar-refractivity contribution < 1.29 is 4.74 Å². The first-order chi connectivity index (χ1) is 7.83. The molecule has 2 rings (SSSR count). The van der Waals surface area contributed by atoms with Crippen LogP contribution >= 0.6 is 0 Å². The van der Waals surface area contributed by atoms with Crippen molar-refractivity contribution in [3.05, 3.63) is 24.0 Å². The maximum atomic E-state index is 5.53. The summed E-state index contributed by atoms with van der Waals surface area (Å²) in [6.07, 6.45) is 3.77. The number of aromatic nitrogens is 1. The zero-order chi connectivity index (χ0) is 11.4. The van der Waals surface area contributed by atoms with Gasteiger partial charge in [0.25, 0.3) is 0 Å². The number of hydrogen-bond acceptors (Lipinski definition) is 4. The minimum atomic E-state index is 0.417. The number of hydrogen-bond donors (Lipinski definition) is 1. The van der Waals surface area contributed by atoms with Crippen LogP contribution in [0.2, 0.25) is 0 Å². The molecule has 1 unspecified atom stereocenters. The van der Waals surface area contributed by atoms with Gasteiger partial charge >= 0.3 is 0 Å².